The Kier molecular flexibility index (Phi) is 7.46. The lowest BCUT2D eigenvalue weighted by molar-refractivity contribution is 0.0836. The van der Waals surface area contributed by atoms with E-state index in [1.165, 1.54) is 0 Å². The van der Waals surface area contributed by atoms with E-state index in [1.54, 1.807) is 12.1 Å². The number of halogens is 3. The van der Waals surface area contributed by atoms with Crippen LogP contribution in [0.3, 0.4) is 0 Å². The number of hydrogen-bond donors (Lipinski definition) is 3. The molecule has 2 rings (SSSR count). The maximum Gasteiger partial charge on any atom is 0.119 e. The molecule has 0 aliphatic heterocycles. The largest absolute Gasteiger partial charge is 0.491 e. The van der Waals surface area contributed by atoms with E-state index in [9.17, 15) is 5.11 Å². The molecule has 2 atom stereocenters. The third-order valence-electron chi connectivity index (χ3n) is 3.44. The lowest BCUT2D eigenvalue weighted by atomic mass is 10.1. The number of nitrogens with two attached hydrogens (primary N) is 1. The van der Waals surface area contributed by atoms with Crippen molar-refractivity contribution in [1.82, 2.24) is 0 Å². The summed E-state index contributed by atoms with van der Waals surface area (Å²) >= 11 is 18.1. The van der Waals surface area contributed by atoms with Crippen LogP contribution in [0.4, 0.5) is 5.69 Å². The molecule has 4 nitrogen and oxygen atoms in total. The molecule has 2 unspecified atom stereocenters. The first-order valence-corrected chi connectivity index (χ1v) is 8.60. The highest BCUT2D eigenvalue weighted by Crippen LogP contribution is 2.33. The van der Waals surface area contributed by atoms with Crippen LogP contribution in [0, 0.1) is 0 Å². The Hall–Kier alpha value is -1.17. The van der Waals surface area contributed by atoms with Gasteiger partial charge in [0.1, 0.15) is 18.5 Å². The second kappa shape index (κ2) is 9.35. The maximum absolute atomic E-state index is 10.1. The Balaban J connectivity index is 1.77. The lowest BCUT2D eigenvalue weighted by Gasteiger charge is -2.20. The highest BCUT2D eigenvalue weighted by Gasteiger charge is 2.16. The number of hydrogen-bond acceptors (Lipinski definition) is 4. The van der Waals surface area contributed by atoms with Crippen molar-refractivity contribution in [2.75, 3.05) is 18.5 Å². The van der Waals surface area contributed by atoms with Gasteiger partial charge in [-0.3, -0.25) is 0 Å². The molecule has 0 spiro atoms. The average Bonchev–Trinajstić information content (AvgIpc) is 2.55. The molecule has 7 heteroatoms. The van der Waals surface area contributed by atoms with Crippen LogP contribution in [0.15, 0.2) is 42.5 Å². The Morgan fingerprint density at radius 3 is 2.33 bits per heavy atom. The molecule has 0 aromatic heterocycles. The summed E-state index contributed by atoms with van der Waals surface area (Å²) in [4.78, 5) is 0. The molecule has 24 heavy (non-hydrogen) atoms. The van der Waals surface area contributed by atoms with Crippen LogP contribution >= 0.6 is 34.8 Å². The molecule has 0 aliphatic rings. The Labute approximate surface area is 156 Å². The fraction of sp³-hybridized carbons (Fsp3) is 0.294. The van der Waals surface area contributed by atoms with Gasteiger partial charge in [-0.05, 0) is 30.7 Å². The van der Waals surface area contributed by atoms with Gasteiger partial charge in [-0.25, -0.2) is 0 Å². The molecule has 0 amide bonds. The van der Waals surface area contributed by atoms with E-state index in [-0.39, 0.29) is 6.61 Å². The molecule has 0 aliphatic carbocycles. The summed E-state index contributed by atoms with van der Waals surface area (Å²) in [5.41, 5.74) is 6.59. The molecule has 0 fully saturated rings. The lowest BCUT2D eigenvalue weighted by Crippen LogP contribution is -2.40. The van der Waals surface area contributed by atoms with E-state index in [0.29, 0.717) is 39.5 Å². The molecule has 0 saturated heterocycles. The van der Waals surface area contributed by atoms with Gasteiger partial charge in [-0.15, -0.1) is 0 Å². The van der Waals surface area contributed by atoms with E-state index >= 15 is 0 Å². The van der Waals surface area contributed by atoms with Crippen molar-refractivity contribution < 1.29 is 9.84 Å². The van der Waals surface area contributed by atoms with Crippen molar-refractivity contribution in [3.63, 3.8) is 0 Å². The molecule has 2 aromatic carbocycles. The minimum atomic E-state index is -0.775. The number of aliphatic hydroxyl groups is 1. The van der Waals surface area contributed by atoms with E-state index in [4.69, 9.17) is 45.3 Å². The Bertz CT molecular complexity index is 633. The van der Waals surface area contributed by atoms with E-state index in [1.807, 2.05) is 30.3 Å². The number of benzene rings is 2. The molecule has 0 bridgehead atoms. The molecular formula is C17H19Cl3N2O2. The van der Waals surface area contributed by atoms with E-state index < -0.39 is 12.1 Å². The maximum atomic E-state index is 10.1. The summed E-state index contributed by atoms with van der Waals surface area (Å²) in [6.45, 7) is 0.637. The minimum Gasteiger partial charge on any atom is -0.491 e. The number of aliphatic hydroxyl groups excluding tert-OH is 1. The zero-order valence-corrected chi connectivity index (χ0v) is 15.2. The summed E-state index contributed by atoms with van der Waals surface area (Å²) in [5.74, 6) is 0.696. The SMILES string of the molecule is NC(CCNc1c(Cl)cc(Cl)cc1Cl)C(O)COc1ccccc1. The number of anilines is 1. The van der Waals surface area contributed by atoms with Gasteiger partial charge in [0.05, 0.1) is 15.7 Å². The van der Waals surface area contributed by atoms with Crippen molar-refractivity contribution in [3.05, 3.63) is 57.5 Å². The van der Waals surface area contributed by atoms with Gasteiger partial charge in [0.2, 0.25) is 0 Å². The van der Waals surface area contributed by atoms with Crippen LogP contribution in [-0.2, 0) is 0 Å². The van der Waals surface area contributed by atoms with Crippen LogP contribution < -0.4 is 15.8 Å². The highest BCUT2D eigenvalue weighted by molar-refractivity contribution is 6.41. The number of para-hydroxylation sites is 1. The van der Waals surface area contributed by atoms with Crippen LogP contribution in [-0.4, -0.2) is 30.4 Å². The molecule has 4 N–H and O–H groups in total. The van der Waals surface area contributed by atoms with Gasteiger partial charge >= 0.3 is 0 Å². The summed E-state index contributed by atoms with van der Waals surface area (Å²) < 4.78 is 5.50. The Morgan fingerprint density at radius 2 is 1.71 bits per heavy atom. The third-order valence-corrected chi connectivity index (χ3v) is 4.26. The van der Waals surface area contributed by atoms with Gasteiger partial charge in [0.25, 0.3) is 0 Å². The van der Waals surface area contributed by atoms with Gasteiger partial charge in [-0.1, -0.05) is 53.0 Å². The summed E-state index contributed by atoms with van der Waals surface area (Å²) in [5, 5.41) is 14.5. The van der Waals surface area contributed by atoms with Gasteiger partial charge in [-0.2, -0.15) is 0 Å². The summed E-state index contributed by atoms with van der Waals surface area (Å²) in [6.07, 6.45) is -0.252. The molecule has 0 heterocycles. The van der Waals surface area contributed by atoms with Crippen LogP contribution in [0.5, 0.6) is 5.75 Å². The van der Waals surface area contributed by atoms with Crippen molar-refractivity contribution in [2.45, 2.75) is 18.6 Å². The highest BCUT2D eigenvalue weighted by atomic mass is 35.5. The van der Waals surface area contributed by atoms with Crippen molar-refractivity contribution in [2.24, 2.45) is 5.73 Å². The predicted octanol–water partition coefficient (Wildman–Crippen LogP) is 4.22. The number of rotatable bonds is 8. The van der Waals surface area contributed by atoms with Crippen LogP contribution in [0.25, 0.3) is 0 Å². The molecule has 130 valence electrons. The summed E-state index contributed by atoms with van der Waals surface area (Å²) in [7, 11) is 0. The normalized spacial score (nSPS) is 13.4. The van der Waals surface area contributed by atoms with Crippen molar-refractivity contribution in [1.29, 1.82) is 0 Å². The summed E-state index contributed by atoms with van der Waals surface area (Å²) in [6, 6.07) is 12.1. The fourth-order valence-electron chi connectivity index (χ4n) is 2.09. The minimum absolute atomic E-state index is 0.133. The molecule has 2 aromatic rings. The first kappa shape index (κ1) is 19.2. The second-order valence-corrected chi connectivity index (χ2v) is 6.57. The van der Waals surface area contributed by atoms with Crippen LogP contribution in [0.1, 0.15) is 6.42 Å². The zero-order valence-electron chi connectivity index (χ0n) is 12.9. The number of ether oxygens (including phenoxy) is 1. The molecule has 0 radical (unpaired) electrons. The molecule has 0 saturated carbocycles. The fourth-order valence-corrected chi connectivity index (χ4v) is 3.04. The first-order chi connectivity index (χ1) is 11.5. The first-order valence-electron chi connectivity index (χ1n) is 7.47. The predicted molar refractivity (Wildman–Crippen MR) is 100 cm³/mol. The smallest absolute Gasteiger partial charge is 0.119 e. The topological polar surface area (TPSA) is 67.5 Å². The standard InChI is InChI=1S/C17H19Cl3N2O2/c18-11-8-13(19)17(14(20)9-11)22-7-6-15(21)16(23)10-24-12-4-2-1-3-5-12/h1-5,8-9,15-16,22-23H,6-7,10,21H2. The number of nitrogens with one attached hydrogen (secondary N) is 1. The zero-order chi connectivity index (χ0) is 17.5. The monoisotopic (exact) mass is 388 g/mol. The van der Waals surface area contributed by atoms with Crippen molar-refractivity contribution >= 4 is 40.5 Å². The van der Waals surface area contributed by atoms with Crippen LogP contribution in [0.2, 0.25) is 15.1 Å². The van der Waals surface area contributed by atoms with Gasteiger partial charge < -0.3 is 20.9 Å². The van der Waals surface area contributed by atoms with Gasteiger partial charge in [0, 0.05) is 17.6 Å². The third kappa shape index (κ3) is 5.72. The van der Waals surface area contributed by atoms with Gasteiger partial charge in [0.15, 0.2) is 0 Å². The van der Waals surface area contributed by atoms with E-state index in [2.05, 4.69) is 5.32 Å². The van der Waals surface area contributed by atoms with E-state index in [0.717, 1.165) is 0 Å². The quantitative estimate of drug-likeness (QED) is 0.632. The Morgan fingerprint density at radius 1 is 1.08 bits per heavy atom. The molecular weight excluding hydrogens is 371 g/mol. The average molecular weight is 390 g/mol. The van der Waals surface area contributed by atoms with Crippen molar-refractivity contribution in [3.8, 4) is 5.75 Å². The second-order valence-electron chi connectivity index (χ2n) is 5.32.